The van der Waals surface area contributed by atoms with Crippen molar-refractivity contribution in [3.63, 3.8) is 0 Å². The van der Waals surface area contributed by atoms with Crippen molar-refractivity contribution >= 4 is 32.6 Å². The van der Waals surface area contributed by atoms with Gasteiger partial charge in [-0.3, -0.25) is 9.59 Å². The molecule has 2 amide bonds. The zero-order chi connectivity index (χ0) is 22.2. The number of carbonyl (C=O) groups excluding carboxylic acids is 2. The van der Waals surface area contributed by atoms with Gasteiger partial charge in [-0.1, -0.05) is 35.9 Å². The number of aromatic nitrogens is 1. The van der Waals surface area contributed by atoms with E-state index in [1.54, 1.807) is 52.1 Å². The third kappa shape index (κ3) is 4.07. The molecule has 1 fully saturated rings. The molecule has 8 heteroatoms. The number of likely N-dealkylation sites (tertiary alicyclic amines) is 1. The Morgan fingerprint density at radius 1 is 1.03 bits per heavy atom. The van der Waals surface area contributed by atoms with Crippen LogP contribution in [0.25, 0.3) is 10.9 Å². The number of carbonyl (C=O) groups is 2. The SMILES string of the molecule is Cc1ccc(S(=O)(=O)c2cn(CC(=O)N3CCC(C(N)=O)CC3)c3ccccc23)cc1. The Morgan fingerprint density at radius 2 is 1.68 bits per heavy atom. The van der Waals surface area contributed by atoms with Crippen LogP contribution in [0.15, 0.2) is 64.5 Å². The number of benzene rings is 2. The second kappa shape index (κ2) is 8.19. The van der Waals surface area contributed by atoms with Crippen molar-refractivity contribution in [2.24, 2.45) is 11.7 Å². The van der Waals surface area contributed by atoms with Crippen molar-refractivity contribution in [2.75, 3.05) is 13.1 Å². The normalized spacial score (nSPS) is 15.3. The van der Waals surface area contributed by atoms with Crippen molar-refractivity contribution in [1.82, 2.24) is 9.47 Å². The van der Waals surface area contributed by atoms with Gasteiger partial charge in [0, 0.05) is 36.1 Å². The summed E-state index contributed by atoms with van der Waals surface area (Å²) >= 11 is 0. The van der Waals surface area contributed by atoms with Gasteiger partial charge in [-0.2, -0.15) is 0 Å². The summed E-state index contributed by atoms with van der Waals surface area (Å²) in [6.07, 6.45) is 2.66. The first-order valence-electron chi connectivity index (χ1n) is 10.2. The molecular formula is C23H25N3O4S. The number of para-hydroxylation sites is 1. The van der Waals surface area contributed by atoms with Gasteiger partial charge in [0.2, 0.25) is 21.7 Å². The number of primary amides is 1. The van der Waals surface area contributed by atoms with Gasteiger partial charge in [0.25, 0.3) is 0 Å². The maximum Gasteiger partial charge on any atom is 0.242 e. The highest BCUT2D eigenvalue weighted by atomic mass is 32.2. The summed E-state index contributed by atoms with van der Waals surface area (Å²) < 4.78 is 28.3. The molecular weight excluding hydrogens is 414 g/mol. The van der Waals surface area contributed by atoms with Gasteiger partial charge in [0.1, 0.15) is 6.54 Å². The van der Waals surface area contributed by atoms with E-state index in [0.29, 0.717) is 36.8 Å². The van der Waals surface area contributed by atoms with Gasteiger partial charge >= 0.3 is 0 Å². The molecule has 0 radical (unpaired) electrons. The molecule has 2 aromatic carbocycles. The van der Waals surface area contributed by atoms with E-state index in [2.05, 4.69) is 0 Å². The number of amides is 2. The molecule has 2 heterocycles. The average Bonchev–Trinajstić information content (AvgIpc) is 3.13. The molecule has 3 aromatic rings. The van der Waals surface area contributed by atoms with Crippen molar-refractivity contribution in [3.05, 3.63) is 60.3 Å². The van der Waals surface area contributed by atoms with E-state index in [4.69, 9.17) is 5.73 Å². The number of nitrogens with zero attached hydrogens (tertiary/aromatic N) is 2. The Kier molecular flexibility index (Phi) is 5.58. The molecule has 4 rings (SSSR count). The van der Waals surface area contributed by atoms with Crippen LogP contribution in [0.3, 0.4) is 0 Å². The van der Waals surface area contributed by atoms with E-state index in [9.17, 15) is 18.0 Å². The van der Waals surface area contributed by atoms with Crippen LogP contribution >= 0.6 is 0 Å². The Bertz CT molecular complexity index is 1240. The Hall–Kier alpha value is -3.13. The quantitative estimate of drug-likeness (QED) is 0.660. The first-order valence-corrected chi connectivity index (χ1v) is 11.7. The predicted octanol–water partition coefficient (Wildman–Crippen LogP) is 2.51. The molecule has 1 saturated heterocycles. The van der Waals surface area contributed by atoms with Gasteiger partial charge in [0.15, 0.2) is 0 Å². The van der Waals surface area contributed by atoms with Crippen molar-refractivity contribution < 1.29 is 18.0 Å². The largest absolute Gasteiger partial charge is 0.369 e. The molecule has 0 unspecified atom stereocenters. The van der Waals surface area contributed by atoms with Crippen LogP contribution in [-0.2, 0) is 26.0 Å². The molecule has 1 aromatic heterocycles. The highest BCUT2D eigenvalue weighted by molar-refractivity contribution is 7.91. The van der Waals surface area contributed by atoms with Gasteiger partial charge in [0.05, 0.1) is 9.79 Å². The average molecular weight is 440 g/mol. The van der Waals surface area contributed by atoms with E-state index < -0.39 is 9.84 Å². The number of fused-ring (bicyclic) bond motifs is 1. The van der Waals surface area contributed by atoms with E-state index in [1.807, 2.05) is 19.1 Å². The Labute approximate surface area is 181 Å². The highest BCUT2D eigenvalue weighted by Crippen LogP contribution is 2.30. The lowest BCUT2D eigenvalue weighted by molar-refractivity contribution is -0.135. The molecule has 0 atom stereocenters. The summed E-state index contributed by atoms with van der Waals surface area (Å²) in [6, 6.07) is 13.9. The molecule has 1 aliphatic rings. The number of aryl methyl sites for hydroxylation is 1. The summed E-state index contributed by atoms with van der Waals surface area (Å²) in [5, 5.41) is 0.586. The summed E-state index contributed by atoms with van der Waals surface area (Å²) in [6.45, 7) is 2.88. The van der Waals surface area contributed by atoms with E-state index >= 15 is 0 Å². The Balaban J connectivity index is 1.64. The number of hydrogen-bond acceptors (Lipinski definition) is 4. The number of nitrogens with two attached hydrogens (primary N) is 1. The van der Waals surface area contributed by atoms with Gasteiger partial charge in [-0.15, -0.1) is 0 Å². The third-order valence-electron chi connectivity index (χ3n) is 5.93. The Morgan fingerprint density at radius 3 is 2.32 bits per heavy atom. The molecule has 0 bridgehead atoms. The maximum atomic E-state index is 13.3. The topological polar surface area (TPSA) is 102 Å². The number of piperidine rings is 1. The fraction of sp³-hybridized carbons (Fsp3) is 0.304. The summed E-state index contributed by atoms with van der Waals surface area (Å²) in [5.74, 6) is -0.625. The van der Waals surface area contributed by atoms with Crippen molar-refractivity contribution in [2.45, 2.75) is 36.1 Å². The maximum absolute atomic E-state index is 13.3. The lowest BCUT2D eigenvalue weighted by Gasteiger charge is -2.30. The van der Waals surface area contributed by atoms with Gasteiger partial charge in [-0.05, 0) is 38.0 Å². The fourth-order valence-electron chi connectivity index (χ4n) is 4.06. The van der Waals surface area contributed by atoms with E-state index in [-0.39, 0.29) is 34.1 Å². The van der Waals surface area contributed by atoms with Crippen LogP contribution in [0.2, 0.25) is 0 Å². The molecule has 2 N–H and O–H groups in total. The molecule has 0 spiro atoms. The fourth-order valence-corrected chi connectivity index (χ4v) is 5.54. The minimum Gasteiger partial charge on any atom is -0.369 e. The monoisotopic (exact) mass is 439 g/mol. The van der Waals surface area contributed by atoms with Crippen LogP contribution in [0.5, 0.6) is 0 Å². The van der Waals surface area contributed by atoms with Crippen molar-refractivity contribution in [3.8, 4) is 0 Å². The van der Waals surface area contributed by atoms with Gasteiger partial charge < -0.3 is 15.2 Å². The summed E-state index contributed by atoms with van der Waals surface area (Å²) in [4.78, 5) is 26.4. The molecule has 0 saturated carbocycles. The van der Waals surface area contributed by atoms with Crippen LogP contribution < -0.4 is 5.73 Å². The molecule has 162 valence electrons. The van der Waals surface area contributed by atoms with Crippen LogP contribution in [-0.4, -0.2) is 42.8 Å². The van der Waals surface area contributed by atoms with E-state index in [0.717, 1.165) is 5.56 Å². The molecule has 31 heavy (non-hydrogen) atoms. The van der Waals surface area contributed by atoms with Crippen molar-refractivity contribution in [1.29, 1.82) is 0 Å². The number of rotatable bonds is 5. The number of sulfone groups is 1. The molecule has 0 aliphatic carbocycles. The summed E-state index contributed by atoms with van der Waals surface area (Å²) in [5.41, 5.74) is 7.04. The molecule has 7 nitrogen and oxygen atoms in total. The predicted molar refractivity (Wildman–Crippen MR) is 117 cm³/mol. The lowest BCUT2D eigenvalue weighted by atomic mass is 9.96. The first-order chi connectivity index (χ1) is 14.8. The standard InChI is InChI=1S/C23H25N3O4S/c1-16-6-8-18(9-7-16)31(29,30)21-14-26(20-5-3-2-4-19(20)21)15-22(27)25-12-10-17(11-13-25)23(24)28/h2-9,14,17H,10-13,15H2,1H3,(H2,24,28). The van der Waals surface area contributed by atoms with Crippen LogP contribution in [0.4, 0.5) is 0 Å². The second-order valence-corrected chi connectivity index (χ2v) is 9.93. The minimum atomic E-state index is -3.74. The van der Waals surface area contributed by atoms with Crippen LogP contribution in [0, 0.1) is 12.8 Å². The van der Waals surface area contributed by atoms with Crippen LogP contribution in [0.1, 0.15) is 18.4 Å². The van der Waals surface area contributed by atoms with Gasteiger partial charge in [-0.25, -0.2) is 8.42 Å². The third-order valence-corrected chi connectivity index (χ3v) is 7.73. The first kappa shape index (κ1) is 21.1. The smallest absolute Gasteiger partial charge is 0.242 e. The zero-order valence-corrected chi connectivity index (χ0v) is 18.1. The summed E-state index contributed by atoms with van der Waals surface area (Å²) in [7, 11) is -3.74. The minimum absolute atomic E-state index is 0.0329. The second-order valence-electron chi connectivity index (χ2n) is 8.01. The lowest BCUT2D eigenvalue weighted by Crippen LogP contribution is -2.42. The highest BCUT2D eigenvalue weighted by Gasteiger charge is 2.27. The number of hydrogen-bond donors (Lipinski definition) is 1. The molecule has 1 aliphatic heterocycles. The zero-order valence-electron chi connectivity index (χ0n) is 17.3. The van der Waals surface area contributed by atoms with E-state index in [1.165, 1.54) is 0 Å².